The molecule has 2 amide bonds. The molecule has 6 nitrogen and oxygen atoms in total. The second-order valence-corrected chi connectivity index (χ2v) is 6.48. The van der Waals surface area contributed by atoms with Gasteiger partial charge in [0, 0.05) is 18.8 Å². The van der Waals surface area contributed by atoms with Gasteiger partial charge in [-0.25, -0.2) is 9.59 Å². The Morgan fingerprint density at radius 3 is 2.30 bits per heavy atom. The van der Waals surface area contributed by atoms with Crippen LogP contribution in [-0.4, -0.2) is 37.6 Å². The number of urea groups is 1. The van der Waals surface area contributed by atoms with Crippen LogP contribution < -0.4 is 10.6 Å². The predicted molar refractivity (Wildman–Crippen MR) is 103 cm³/mol. The Hall–Kier alpha value is -3.12. The van der Waals surface area contributed by atoms with Gasteiger partial charge in [-0.2, -0.15) is 0 Å². The molecule has 2 aromatic carbocycles. The lowest BCUT2D eigenvalue weighted by Gasteiger charge is -2.31. The quantitative estimate of drug-likeness (QED) is 0.772. The Morgan fingerprint density at radius 1 is 1.04 bits per heavy atom. The Kier molecular flexibility index (Phi) is 5.88. The molecule has 1 heterocycles. The average Bonchev–Trinajstić information content (AvgIpc) is 2.68. The van der Waals surface area contributed by atoms with Gasteiger partial charge in [-0.05, 0) is 18.2 Å². The maximum absolute atomic E-state index is 12.5. The molecule has 0 aromatic heterocycles. The lowest BCUT2D eigenvalue weighted by molar-refractivity contribution is -0.136. The summed E-state index contributed by atoms with van der Waals surface area (Å²) < 4.78 is 5.00. The number of methoxy groups -OCH3 is 1. The third-order valence-electron chi connectivity index (χ3n) is 4.42. The number of nitrogens with zero attached hydrogens (tertiary/aromatic N) is 1. The summed E-state index contributed by atoms with van der Waals surface area (Å²) in [7, 11) is 3.29. The average molecular weight is 365 g/mol. The van der Waals surface area contributed by atoms with Crippen LogP contribution in [0.25, 0.3) is 0 Å². The number of esters is 1. The summed E-state index contributed by atoms with van der Waals surface area (Å²) in [5.41, 5.74) is 2.96. The van der Waals surface area contributed by atoms with Gasteiger partial charge in [0.1, 0.15) is 0 Å². The molecule has 0 saturated heterocycles. The minimum absolute atomic E-state index is 0.334. The number of ether oxygens (including phenoxy) is 1. The maximum Gasteiger partial charge on any atom is 0.338 e. The van der Waals surface area contributed by atoms with E-state index in [1.807, 2.05) is 72.6 Å². The molecule has 0 unspecified atom stereocenters. The molecular formula is C21H23N3O3. The van der Waals surface area contributed by atoms with Gasteiger partial charge in [0.2, 0.25) is 0 Å². The molecule has 0 bridgehead atoms. The lowest BCUT2D eigenvalue weighted by Crippen LogP contribution is -2.48. The van der Waals surface area contributed by atoms with Gasteiger partial charge in [0.25, 0.3) is 0 Å². The van der Waals surface area contributed by atoms with E-state index in [0.717, 1.165) is 11.1 Å². The normalized spacial score (nSPS) is 16.7. The van der Waals surface area contributed by atoms with Crippen molar-refractivity contribution < 1.29 is 14.3 Å². The molecular weight excluding hydrogens is 342 g/mol. The highest BCUT2D eigenvalue weighted by Crippen LogP contribution is 2.27. The molecule has 0 radical (unpaired) electrons. The number of hydrogen-bond acceptors (Lipinski definition) is 4. The molecule has 27 heavy (non-hydrogen) atoms. The van der Waals surface area contributed by atoms with Crippen LogP contribution in [0.1, 0.15) is 17.2 Å². The van der Waals surface area contributed by atoms with E-state index in [1.165, 1.54) is 7.11 Å². The van der Waals surface area contributed by atoms with E-state index in [9.17, 15) is 9.59 Å². The molecule has 1 aliphatic rings. The van der Waals surface area contributed by atoms with Crippen molar-refractivity contribution in [3.05, 3.63) is 83.1 Å². The van der Waals surface area contributed by atoms with Crippen LogP contribution in [0.2, 0.25) is 0 Å². The standard InChI is InChI=1S/C21H23N3O3/c1-24(13-15-9-5-3-6-10-15)14-17-18(20(25)27-2)19(23-21(26)22-17)16-11-7-4-8-12-16/h3-12,19H,13-14H2,1-2H3,(H2,22,23,26)/t19-/m1/s1. The number of amides is 2. The first-order chi connectivity index (χ1) is 13.1. The van der Waals surface area contributed by atoms with Crippen molar-refractivity contribution in [1.82, 2.24) is 15.5 Å². The van der Waals surface area contributed by atoms with Gasteiger partial charge >= 0.3 is 12.0 Å². The Labute approximate surface area is 158 Å². The first kappa shape index (κ1) is 18.7. The SMILES string of the molecule is COC(=O)C1=C(CN(C)Cc2ccccc2)NC(=O)N[C@@H]1c1ccccc1. The fraction of sp³-hybridized carbons (Fsp3) is 0.238. The minimum Gasteiger partial charge on any atom is -0.466 e. The van der Waals surface area contributed by atoms with Crippen molar-refractivity contribution in [3.63, 3.8) is 0 Å². The number of nitrogens with one attached hydrogen (secondary N) is 2. The third kappa shape index (κ3) is 4.54. The summed E-state index contributed by atoms with van der Waals surface area (Å²) in [5, 5.41) is 5.61. The summed E-state index contributed by atoms with van der Waals surface area (Å²) in [6.07, 6.45) is 0. The molecule has 2 N–H and O–H groups in total. The smallest absolute Gasteiger partial charge is 0.338 e. The van der Waals surface area contributed by atoms with E-state index in [4.69, 9.17) is 4.74 Å². The van der Waals surface area contributed by atoms with Crippen LogP contribution in [-0.2, 0) is 16.1 Å². The third-order valence-corrected chi connectivity index (χ3v) is 4.42. The second-order valence-electron chi connectivity index (χ2n) is 6.48. The lowest BCUT2D eigenvalue weighted by atomic mass is 9.95. The van der Waals surface area contributed by atoms with E-state index >= 15 is 0 Å². The molecule has 3 rings (SSSR count). The van der Waals surface area contributed by atoms with E-state index in [0.29, 0.717) is 24.4 Å². The number of carbonyl (C=O) groups is 2. The molecule has 140 valence electrons. The monoisotopic (exact) mass is 365 g/mol. The number of carbonyl (C=O) groups excluding carboxylic acids is 2. The van der Waals surface area contributed by atoms with Gasteiger partial charge in [0.15, 0.2) is 0 Å². The van der Waals surface area contributed by atoms with E-state index in [1.54, 1.807) is 0 Å². The van der Waals surface area contributed by atoms with Crippen molar-refractivity contribution in [2.45, 2.75) is 12.6 Å². The van der Waals surface area contributed by atoms with Crippen LogP contribution in [0.4, 0.5) is 4.79 Å². The highest BCUT2D eigenvalue weighted by molar-refractivity contribution is 5.95. The van der Waals surface area contributed by atoms with Gasteiger partial charge in [-0.1, -0.05) is 60.7 Å². The predicted octanol–water partition coefficient (Wildman–Crippen LogP) is 2.60. The first-order valence-electron chi connectivity index (χ1n) is 8.74. The highest BCUT2D eigenvalue weighted by Gasteiger charge is 2.33. The van der Waals surface area contributed by atoms with Crippen LogP contribution in [0.3, 0.4) is 0 Å². The molecule has 0 fully saturated rings. The molecule has 1 atom stereocenters. The van der Waals surface area contributed by atoms with Crippen molar-refractivity contribution in [1.29, 1.82) is 0 Å². The van der Waals surface area contributed by atoms with Crippen molar-refractivity contribution in [2.75, 3.05) is 20.7 Å². The van der Waals surface area contributed by atoms with Crippen molar-refractivity contribution in [3.8, 4) is 0 Å². The van der Waals surface area contributed by atoms with Gasteiger partial charge < -0.3 is 15.4 Å². The van der Waals surface area contributed by atoms with Gasteiger partial charge in [-0.3, -0.25) is 4.90 Å². The maximum atomic E-state index is 12.5. The van der Waals surface area contributed by atoms with Crippen LogP contribution in [0.15, 0.2) is 71.9 Å². The fourth-order valence-electron chi connectivity index (χ4n) is 3.21. The molecule has 0 aliphatic carbocycles. The second kappa shape index (κ2) is 8.51. The van der Waals surface area contributed by atoms with E-state index in [2.05, 4.69) is 10.6 Å². The summed E-state index contributed by atoms with van der Waals surface area (Å²) in [4.78, 5) is 26.8. The molecule has 6 heteroatoms. The van der Waals surface area contributed by atoms with Crippen LogP contribution in [0, 0.1) is 0 Å². The summed E-state index contributed by atoms with van der Waals surface area (Å²) in [5.74, 6) is -0.459. The van der Waals surface area contributed by atoms with Gasteiger partial charge in [0.05, 0.1) is 18.7 Å². The summed E-state index contributed by atoms with van der Waals surface area (Å²) >= 11 is 0. The Morgan fingerprint density at radius 2 is 1.67 bits per heavy atom. The molecule has 0 saturated carbocycles. The molecule has 0 spiro atoms. The number of benzene rings is 2. The number of rotatable bonds is 6. The summed E-state index contributed by atoms with van der Waals surface area (Å²) in [6.45, 7) is 1.11. The van der Waals surface area contributed by atoms with Crippen molar-refractivity contribution in [2.24, 2.45) is 0 Å². The van der Waals surface area contributed by atoms with Gasteiger partial charge in [-0.15, -0.1) is 0 Å². The van der Waals surface area contributed by atoms with Crippen molar-refractivity contribution >= 4 is 12.0 Å². The van der Waals surface area contributed by atoms with Crippen LogP contribution in [0.5, 0.6) is 0 Å². The van der Waals surface area contributed by atoms with E-state index < -0.39 is 12.0 Å². The fourth-order valence-corrected chi connectivity index (χ4v) is 3.21. The topological polar surface area (TPSA) is 70.7 Å². The zero-order valence-electron chi connectivity index (χ0n) is 15.4. The minimum atomic E-state index is -0.549. The van der Waals surface area contributed by atoms with Crippen LogP contribution >= 0.6 is 0 Å². The first-order valence-corrected chi connectivity index (χ1v) is 8.74. The zero-order chi connectivity index (χ0) is 19.2. The Bertz CT molecular complexity index is 834. The largest absolute Gasteiger partial charge is 0.466 e. The highest BCUT2D eigenvalue weighted by atomic mass is 16.5. The molecule has 2 aromatic rings. The number of likely N-dealkylation sites (N-methyl/N-ethyl adjacent to an activating group) is 1. The summed E-state index contributed by atoms with van der Waals surface area (Å²) in [6, 6.07) is 18.5. The molecule has 1 aliphatic heterocycles. The zero-order valence-corrected chi connectivity index (χ0v) is 15.4. The number of hydrogen-bond donors (Lipinski definition) is 2. The van der Waals surface area contributed by atoms with E-state index in [-0.39, 0.29) is 6.03 Å². The Balaban J connectivity index is 1.91.